The van der Waals surface area contributed by atoms with Crippen molar-refractivity contribution in [2.75, 3.05) is 0 Å². The van der Waals surface area contributed by atoms with E-state index in [4.69, 9.17) is 23.8 Å². The van der Waals surface area contributed by atoms with E-state index in [1.807, 2.05) is 36.6 Å². The van der Waals surface area contributed by atoms with Crippen LogP contribution in [0.4, 0.5) is 0 Å². The Hall–Kier alpha value is -1.19. The van der Waals surface area contributed by atoms with Crippen molar-refractivity contribution in [3.8, 4) is 5.69 Å². The Bertz CT molecular complexity index is 902. The van der Waals surface area contributed by atoms with Gasteiger partial charge in [0.05, 0.1) is 17.5 Å². The first-order chi connectivity index (χ1) is 12.0. The highest BCUT2D eigenvalue weighted by molar-refractivity contribution is 8.02. The lowest BCUT2D eigenvalue weighted by Gasteiger charge is -2.09. The topological polar surface area (TPSA) is 46.9 Å². The Morgan fingerprint density at radius 1 is 1.40 bits per heavy atom. The van der Waals surface area contributed by atoms with Crippen LogP contribution in [0.25, 0.3) is 5.69 Å². The second-order valence-electron chi connectivity index (χ2n) is 5.08. The SMILES string of the molecule is CC(Sc1nn(-c2ccc(Cl)cc2)c(=S)s1)C(=O)NCc1cccs1. The molecule has 1 N–H and O–H groups in total. The molecule has 3 aromatic rings. The smallest absolute Gasteiger partial charge is 0.233 e. The fraction of sp³-hybridized carbons (Fsp3) is 0.188. The molecule has 25 heavy (non-hydrogen) atoms. The quantitative estimate of drug-likeness (QED) is 0.435. The molecular weight excluding hydrogens is 414 g/mol. The number of thioether (sulfide) groups is 1. The van der Waals surface area contributed by atoms with Gasteiger partial charge in [-0.1, -0.05) is 40.8 Å². The van der Waals surface area contributed by atoms with Gasteiger partial charge in [-0.3, -0.25) is 4.79 Å². The Morgan fingerprint density at radius 3 is 2.84 bits per heavy atom. The molecule has 0 radical (unpaired) electrons. The van der Waals surface area contributed by atoms with Crippen LogP contribution < -0.4 is 5.32 Å². The molecule has 0 bridgehead atoms. The van der Waals surface area contributed by atoms with E-state index in [-0.39, 0.29) is 11.2 Å². The molecule has 1 aromatic carbocycles. The zero-order chi connectivity index (χ0) is 17.8. The Labute approximate surface area is 167 Å². The third-order valence-corrected chi connectivity index (χ3v) is 6.81. The summed E-state index contributed by atoms with van der Waals surface area (Å²) in [5, 5.41) is 9.87. The maximum atomic E-state index is 12.2. The average molecular weight is 428 g/mol. The molecule has 3 rings (SSSR count). The van der Waals surface area contributed by atoms with Crippen molar-refractivity contribution in [2.24, 2.45) is 0 Å². The molecule has 0 aliphatic rings. The summed E-state index contributed by atoms with van der Waals surface area (Å²) in [6.45, 7) is 2.42. The maximum absolute atomic E-state index is 12.2. The van der Waals surface area contributed by atoms with E-state index in [0.717, 1.165) is 14.9 Å². The lowest BCUT2D eigenvalue weighted by atomic mass is 10.3. The second kappa shape index (κ2) is 8.46. The number of amides is 1. The molecule has 1 atom stereocenters. The number of halogens is 1. The molecule has 0 fully saturated rings. The predicted octanol–water partition coefficient (Wildman–Crippen LogP) is 5.18. The van der Waals surface area contributed by atoms with Gasteiger partial charge in [0.1, 0.15) is 0 Å². The number of carbonyl (C=O) groups is 1. The number of aromatic nitrogens is 2. The van der Waals surface area contributed by atoms with Crippen molar-refractivity contribution in [1.82, 2.24) is 15.1 Å². The summed E-state index contributed by atoms with van der Waals surface area (Å²) >= 11 is 15.7. The van der Waals surface area contributed by atoms with Gasteiger partial charge >= 0.3 is 0 Å². The Kier molecular flexibility index (Phi) is 6.29. The molecular formula is C16H14ClN3OS4. The molecule has 0 aliphatic carbocycles. The van der Waals surface area contributed by atoms with Crippen LogP contribution in [-0.2, 0) is 11.3 Å². The van der Waals surface area contributed by atoms with Crippen molar-refractivity contribution >= 4 is 64.2 Å². The predicted molar refractivity (Wildman–Crippen MR) is 109 cm³/mol. The molecule has 0 saturated heterocycles. The second-order valence-corrected chi connectivity index (χ2v) is 9.76. The summed E-state index contributed by atoms with van der Waals surface area (Å²) in [6.07, 6.45) is 0. The first kappa shape index (κ1) is 18.6. The fourth-order valence-corrected chi connectivity index (χ4v) is 5.29. The fourth-order valence-electron chi connectivity index (χ4n) is 1.99. The van der Waals surface area contributed by atoms with Gasteiger partial charge in [-0.2, -0.15) is 0 Å². The number of rotatable bonds is 6. The van der Waals surface area contributed by atoms with Crippen LogP contribution >= 0.6 is 58.3 Å². The van der Waals surface area contributed by atoms with E-state index in [1.54, 1.807) is 28.2 Å². The first-order valence-electron chi connectivity index (χ1n) is 7.36. The number of carbonyl (C=O) groups excluding carboxylic acids is 1. The van der Waals surface area contributed by atoms with Gasteiger partial charge in [-0.25, -0.2) is 4.68 Å². The van der Waals surface area contributed by atoms with Crippen LogP contribution in [0.5, 0.6) is 0 Å². The maximum Gasteiger partial charge on any atom is 0.233 e. The van der Waals surface area contributed by atoms with E-state index in [0.29, 0.717) is 15.5 Å². The monoisotopic (exact) mass is 427 g/mol. The van der Waals surface area contributed by atoms with E-state index >= 15 is 0 Å². The lowest BCUT2D eigenvalue weighted by molar-refractivity contribution is -0.120. The zero-order valence-corrected chi connectivity index (χ0v) is 17.2. The Morgan fingerprint density at radius 2 is 2.16 bits per heavy atom. The zero-order valence-electron chi connectivity index (χ0n) is 13.1. The molecule has 1 unspecified atom stereocenters. The number of hydrogen-bond donors (Lipinski definition) is 1. The number of benzene rings is 1. The molecule has 130 valence electrons. The average Bonchev–Trinajstić information content (AvgIpc) is 3.23. The minimum absolute atomic E-state index is 0.0161. The van der Waals surface area contributed by atoms with Crippen molar-refractivity contribution in [3.63, 3.8) is 0 Å². The van der Waals surface area contributed by atoms with Gasteiger partial charge in [0, 0.05) is 9.90 Å². The van der Waals surface area contributed by atoms with Gasteiger partial charge in [-0.15, -0.1) is 16.4 Å². The minimum Gasteiger partial charge on any atom is -0.350 e. The van der Waals surface area contributed by atoms with Gasteiger partial charge in [0.15, 0.2) is 8.29 Å². The highest BCUT2D eigenvalue weighted by Crippen LogP contribution is 2.28. The number of thiophene rings is 1. The van der Waals surface area contributed by atoms with Gasteiger partial charge < -0.3 is 5.32 Å². The van der Waals surface area contributed by atoms with Crippen LogP contribution in [0.15, 0.2) is 46.1 Å². The van der Waals surface area contributed by atoms with Gasteiger partial charge in [-0.05, 0) is 54.9 Å². The third kappa shape index (κ3) is 4.92. The van der Waals surface area contributed by atoms with E-state index in [2.05, 4.69) is 10.4 Å². The van der Waals surface area contributed by atoms with Gasteiger partial charge in [0.2, 0.25) is 5.91 Å². The van der Waals surface area contributed by atoms with Crippen molar-refractivity contribution < 1.29 is 4.79 Å². The molecule has 4 nitrogen and oxygen atoms in total. The number of nitrogens with one attached hydrogen (secondary N) is 1. The molecule has 0 aliphatic heterocycles. The van der Waals surface area contributed by atoms with E-state index < -0.39 is 0 Å². The van der Waals surface area contributed by atoms with E-state index in [1.165, 1.54) is 23.1 Å². The van der Waals surface area contributed by atoms with Crippen LogP contribution in [0.1, 0.15) is 11.8 Å². The summed E-state index contributed by atoms with van der Waals surface area (Å²) in [5.41, 5.74) is 0.854. The highest BCUT2D eigenvalue weighted by Gasteiger charge is 2.17. The molecule has 2 heterocycles. The molecule has 0 spiro atoms. The van der Waals surface area contributed by atoms with Crippen molar-refractivity contribution in [2.45, 2.75) is 23.1 Å². The highest BCUT2D eigenvalue weighted by atomic mass is 35.5. The normalized spacial score (nSPS) is 12.1. The summed E-state index contributed by atoms with van der Waals surface area (Å²) in [7, 11) is 0. The molecule has 2 aromatic heterocycles. The Balaban J connectivity index is 1.64. The molecule has 9 heteroatoms. The lowest BCUT2D eigenvalue weighted by Crippen LogP contribution is -2.30. The van der Waals surface area contributed by atoms with Crippen molar-refractivity contribution in [1.29, 1.82) is 0 Å². The minimum atomic E-state index is -0.251. The first-order valence-corrected chi connectivity index (χ1v) is 10.7. The summed E-state index contributed by atoms with van der Waals surface area (Å²) in [5.74, 6) is -0.0161. The van der Waals surface area contributed by atoms with Crippen LogP contribution in [0, 0.1) is 3.95 Å². The summed E-state index contributed by atoms with van der Waals surface area (Å²) in [4.78, 5) is 13.4. The van der Waals surface area contributed by atoms with Gasteiger partial charge in [0.25, 0.3) is 0 Å². The number of hydrogen-bond acceptors (Lipinski definition) is 6. The van der Waals surface area contributed by atoms with Crippen LogP contribution in [0.3, 0.4) is 0 Å². The van der Waals surface area contributed by atoms with Crippen LogP contribution in [-0.4, -0.2) is 20.9 Å². The third-order valence-electron chi connectivity index (χ3n) is 3.26. The molecule has 0 saturated carbocycles. The standard InChI is InChI=1S/C16H14ClN3OS4/c1-10(14(21)18-9-13-3-2-8-23-13)24-15-19-20(16(22)25-15)12-6-4-11(17)5-7-12/h2-8,10H,9H2,1H3,(H,18,21). The van der Waals surface area contributed by atoms with E-state index in [9.17, 15) is 4.79 Å². The van der Waals surface area contributed by atoms with Crippen LogP contribution in [0.2, 0.25) is 5.02 Å². The summed E-state index contributed by atoms with van der Waals surface area (Å²) in [6, 6.07) is 11.3. The largest absolute Gasteiger partial charge is 0.350 e. The van der Waals surface area contributed by atoms with Crippen molar-refractivity contribution in [3.05, 3.63) is 55.6 Å². The number of nitrogens with zero attached hydrogens (tertiary/aromatic N) is 2. The summed E-state index contributed by atoms with van der Waals surface area (Å²) < 4.78 is 3.09. The molecule has 1 amide bonds.